The van der Waals surface area contributed by atoms with Gasteiger partial charge in [-0.25, -0.2) is 0 Å². The fraction of sp³-hybridized carbons (Fsp3) is 0. The van der Waals surface area contributed by atoms with Crippen LogP contribution in [0, 0.1) is 0 Å². The number of ether oxygens (including phenoxy) is 1. The summed E-state index contributed by atoms with van der Waals surface area (Å²) < 4.78 is 6.07. The predicted molar refractivity (Wildman–Crippen MR) is 34.2 cm³/mol. The monoisotopic (exact) mass is 170 g/mol. The molecule has 1 aromatic carbocycles. The van der Waals surface area contributed by atoms with Crippen molar-refractivity contribution in [1.82, 2.24) is 0 Å². The van der Waals surface area contributed by atoms with Crippen LogP contribution in [0.3, 0.4) is 0 Å². The Labute approximate surface area is 55.4 Å². The van der Waals surface area contributed by atoms with E-state index < -0.39 is 0 Å². The first kappa shape index (κ1) is 4.39. The summed E-state index contributed by atoms with van der Waals surface area (Å²) in [6.45, 7) is 0. The van der Waals surface area contributed by atoms with Gasteiger partial charge in [0.05, 0.1) is 0 Å². The van der Waals surface area contributed by atoms with E-state index in [1.54, 1.807) is 0 Å². The molecule has 1 aliphatic heterocycles. The average molecular weight is 171 g/mol. The average Bonchev–Trinajstić information content (AvgIpc) is 2.43. The summed E-state index contributed by atoms with van der Waals surface area (Å²) in [7, 11) is 0. The highest BCUT2D eigenvalue weighted by Gasteiger charge is 2.17. The molecule has 0 amide bonds. The fourth-order valence-corrected chi connectivity index (χ4v) is 0.978. The molecule has 0 fully saturated rings. The number of benzene rings is 1. The molecule has 1 nitrogen and oxygen atoms in total. The number of halogens is 1. The molecule has 8 heavy (non-hydrogen) atoms. The predicted octanol–water partition coefficient (Wildman–Crippen LogP) is 2.55. The molecular weight excluding hydrogens is 168 g/mol. The lowest BCUT2D eigenvalue weighted by Gasteiger charge is -1.75. The van der Waals surface area contributed by atoms with E-state index in [9.17, 15) is 0 Å². The van der Waals surface area contributed by atoms with Crippen molar-refractivity contribution in [3.63, 3.8) is 0 Å². The minimum absolute atomic E-state index is 0.999. The Balaban J connectivity index is 2.64. The molecule has 2 rings (SSSR count). The highest BCUT2D eigenvalue weighted by molar-refractivity contribution is 9.10. The molecular formula is C6H3BrO. The van der Waals surface area contributed by atoms with Gasteiger partial charge in [-0.15, -0.1) is 0 Å². The minimum atomic E-state index is 0.999. The van der Waals surface area contributed by atoms with Gasteiger partial charge in [0.1, 0.15) is 0 Å². The Morgan fingerprint density at radius 3 is 2.75 bits per heavy atom. The lowest BCUT2D eigenvalue weighted by atomic mass is 10.4. The van der Waals surface area contributed by atoms with E-state index in [0.29, 0.717) is 0 Å². The second-order valence-corrected chi connectivity index (χ2v) is 2.61. The Morgan fingerprint density at radius 1 is 1.25 bits per heavy atom. The Hall–Kier alpha value is -0.500. The summed E-state index contributed by atoms with van der Waals surface area (Å²) in [6, 6.07) is 5.86. The van der Waals surface area contributed by atoms with Gasteiger partial charge in [-0.3, -0.25) is 0 Å². The van der Waals surface area contributed by atoms with Crippen LogP contribution in [0.4, 0.5) is 0 Å². The molecule has 0 atom stereocenters. The fourth-order valence-electron chi connectivity index (χ4n) is 0.638. The van der Waals surface area contributed by atoms with E-state index in [0.717, 1.165) is 16.0 Å². The molecule has 0 saturated carbocycles. The van der Waals surface area contributed by atoms with Crippen molar-refractivity contribution in [2.75, 3.05) is 0 Å². The van der Waals surface area contributed by atoms with Crippen LogP contribution in [-0.4, -0.2) is 0 Å². The Kier molecular flexibility index (Phi) is 0.690. The van der Waals surface area contributed by atoms with Crippen LogP contribution in [0.2, 0.25) is 0 Å². The normalized spacial score (nSPS) is 12.1. The first-order valence-electron chi connectivity index (χ1n) is 2.34. The van der Waals surface area contributed by atoms with Crippen LogP contribution >= 0.6 is 15.9 Å². The number of hydrogen-bond donors (Lipinski definition) is 0. The molecule has 40 valence electrons. The maximum Gasteiger partial charge on any atom is 0.171 e. The molecule has 0 aromatic heterocycles. The summed E-state index contributed by atoms with van der Waals surface area (Å²) in [5.74, 6) is 2.01. The topological polar surface area (TPSA) is 12.5 Å². The summed E-state index contributed by atoms with van der Waals surface area (Å²) in [5, 5.41) is 0. The number of fused-ring (bicyclic) bond motifs is 1. The molecule has 2 heteroatoms. The SMILES string of the molecule is Brc1ccc2c(c1)O2. The first-order valence-corrected chi connectivity index (χ1v) is 3.13. The lowest BCUT2D eigenvalue weighted by molar-refractivity contribution is 0.649. The highest BCUT2D eigenvalue weighted by atomic mass is 79.9. The molecule has 1 aromatic rings. The van der Waals surface area contributed by atoms with Gasteiger partial charge in [-0.2, -0.15) is 0 Å². The van der Waals surface area contributed by atoms with Gasteiger partial charge in [0, 0.05) is 4.47 Å². The molecule has 0 aliphatic carbocycles. The smallest absolute Gasteiger partial charge is 0.171 e. The van der Waals surface area contributed by atoms with E-state index in [-0.39, 0.29) is 0 Å². The molecule has 0 unspecified atom stereocenters. The maximum atomic E-state index is 4.99. The Morgan fingerprint density at radius 2 is 2.12 bits per heavy atom. The van der Waals surface area contributed by atoms with Crippen LogP contribution in [0.15, 0.2) is 22.7 Å². The van der Waals surface area contributed by atoms with Crippen molar-refractivity contribution in [2.45, 2.75) is 0 Å². The maximum absolute atomic E-state index is 4.99. The molecule has 0 saturated heterocycles. The molecule has 1 heterocycles. The van der Waals surface area contributed by atoms with E-state index in [1.165, 1.54) is 0 Å². The largest absolute Gasteiger partial charge is 0.449 e. The van der Waals surface area contributed by atoms with Crippen LogP contribution in [0.1, 0.15) is 0 Å². The van der Waals surface area contributed by atoms with Crippen molar-refractivity contribution < 1.29 is 4.74 Å². The van der Waals surface area contributed by atoms with Gasteiger partial charge < -0.3 is 4.74 Å². The third kappa shape index (κ3) is 0.530. The standard InChI is InChI=1S/C6H3BrO/c7-4-1-2-5-6(3-4)8-5/h1-3H. The second kappa shape index (κ2) is 1.26. The van der Waals surface area contributed by atoms with Crippen molar-refractivity contribution >= 4 is 15.9 Å². The highest BCUT2D eigenvalue weighted by Crippen LogP contribution is 2.45. The zero-order chi connectivity index (χ0) is 5.56. The Bertz CT molecular complexity index is 231. The zero-order valence-electron chi connectivity index (χ0n) is 4.02. The number of rotatable bonds is 0. The van der Waals surface area contributed by atoms with Crippen LogP contribution in [0.25, 0.3) is 0 Å². The van der Waals surface area contributed by atoms with Crippen LogP contribution < -0.4 is 4.74 Å². The molecule has 0 N–H and O–H groups in total. The number of hydrogen-bond acceptors (Lipinski definition) is 1. The van der Waals surface area contributed by atoms with E-state index >= 15 is 0 Å². The minimum Gasteiger partial charge on any atom is -0.449 e. The molecule has 0 spiro atoms. The van der Waals surface area contributed by atoms with Gasteiger partial charge in [-0.05, 0) is 18.2 Å². The van der Waals surface area contributed by atoms with Crippen LogP contribution in [0.5, 0.6) is 11.5 Å². The van der Waals surface area contributed by atoms with Gasteiger partial charge in [-0.1, -0.05) is 15.9 Å². The lowest BCUT2D eigenvalue weighted by Crippen LogP contribution is -1.48. The molecule has 1 aliphatic rings. The molecule has 0 radical (unpaired) electrons. The van der Waals surface area contributed by atoms with E-state index in [1.807, 2.05) is 18.2 Å². The summed E-state index contributed by atoms with van der Waals surface area (Å²) in [4.78, 5) is 0. The molecule has 0 bridgehead atoms. The third-order valence-electron chi connectivity index (χ3n) is 1.08. The van der Waals surface area contributed by atoms with Gasteiger partial charge in [0.25, 0.3) is 0 Å². The summed E-state index contributed by atoms with van der Waals surface area (Å²) in [6.07, 6.45) is 0. The third-order valence-corrected chi connectivity index (χ3v) is 1.58. The zero-order valence-corrected chi connectivity index (χ0v) is 5.60. The summed E-state index contributed by atoms with van der Waals surface area (Å²) in [5.41, 5.74) is 0. The van der Waals surface area contributed by atoms with Crippen LogP contribution in [-0.2, 0) is 0 Å². The first-order chi connectivity index (χ1) is 3.86. The second-order valence-electron chi connectivity index (χ2n) is 1.69. The van der Waals surface area contributed by atoms with Gasteiger partial charge >= 0.3 is 0 Å². The van der Waals surface area contributed by atoms with Gasteiger partial charge in [0.15, 0.2) is 11.5 Å². The van der Waals surface area contributed by atoms with E-state index in [2.05, 4.69) is 15.9 Å². The quantitative estimate of drug-likeness (QED) is 0.555. The van der Waals surface area contributed by atoms with Gasteiger partial charge in [0.2, 0.25) is 0 Å². The van der Waals surface area contributed by atoms with Crippen molar-refractivity contribution in [1.29, 1.82) is 0 Å². The van der Waals surface area contributed by atoms with Crippen molar-refractivity contribution in [3.8, 4) is 11.5 Å². The van der Waals surface area contributed by atoms with Crippen molar-refractivity contribution in [2.24, 2.45) is 0 Å². The summed E-state index contributed by atoms with van der Waals surface area (Å²) >= 11 is 3.32. The van der Waals surface area contributed by atoms with E-state index in [4.69, 9.17) is 4.74 Å². The van der Waals surface area contributed by atoms with Crippen molar-refractivity contribution in [3.05, 3.63) is 22.7 Å².